The summed E-state index contributed by atoms with van der Waals surface area (Å²) in [6, 6.07) is 0. The van der Waals surface area contributed by atoms with Crippen molar-refractivity contribution in [2.75, 3.05) is 17.6 Å². The van der Waals surface area contributed by atoms with Crippen molar-refractivity contribution >= 4 is 15.8 Å². The number of nitrogens with one attached hydrogen (secondary N) is 1. The highest BCUT2D eigenvalue weighted by Crippen LogP contribution is 1.98. The van der Waals surface area contributed by atoms with E-state index in [9.17, 15) is 12.8 Å². The molecule has 8 heteroatoms. The van der Waals surface area contributed by atoms with E-state index in [1.807, 2.05) is 0 Å². The monoisotopic (exact) mass is 245 g/mol. The normalized spacial score (nSPS) is 11.1. The van der Waals surface area contributed by atoms with Gasteiger partial charge in [0.2, 0.25) is 12.3 Å². The van der Waals surface area contributed by atoms with Crippen LogP contribution >= 0.6 is 0 Å². The van der Waals surface area contributed by atoms with E-state index in [1.54, 1.807) is 0 Å². The fraction of sp³-hybridized carbons (Fsp3) is 0.375. The smallest absolute Gasteiger partial charge is 0.314 e. The summed E-state index contributed by atoms with van der Waals surface area (Å²) in [5.41, 5.74) is 0. The number of rotatable bonds is 6. The van der Waals surface area contributed by atoms with Crippen molar-refractivity contribution in [3.63, 3.8) is 0 Å². The fourth-order valence-electron chi connectivity index (χ4n) is 0.887. The van der Waals surface area contributed by atoms with Gasteiger partial charge < -0.3 is 5.32 Å². The van der Waals surface area contributed by atoms with Crippen LogP contribution in [0.4, 0.5) is 10.3 Å². The molecule has 0 aromatic carbocycles. The quantitative estimate of drug-likeness (QED) is 0.719. The Hall–Kier alpha value is -1.57. The van der Waals surface area contributed by atoms with E-state index in [4.69, 9.17) is 0 Å². The largest absolute Gasteiger partial charge is 0.354 e. The maximum atomic E-state index is 12.5. The molecule has 1 radical (unpaired) electrons. The molecule has 1 N–H and O–H groups in total. The first-order valence-electron chi connectivity index (χ1n) is 4.40. The van der Waals surface area contributed by atoms with Gasteiger partial charge in [-0.25, -0.2) is 8.42 Å². The molecule has 0 fully saturated rings. The third-order valence-electron chi connectivity index (χ3n) is 1.64. The van der Waals surface area contributed by atoms with Gasteiger partial charge in [0.25, 0.3) is 0 Å². The van der Waals surface area contributed by atoms with Gasteiger partial charge in [-0.2, -0.15) is 19.3 Å². The zero-order valence-corrected chi connectivity index (χ0v) is 9.17. The Morgan fingerprint density at radius 3 is 2.88 bits per heavy atom. The van der Waals surface area contributed by atoms with Gasteiger partial charge in [0.15, 0.2) is 9.84 Å². The molecule has 1 aromatic rings. The fourth-order valence-corrected chi connectivity index (χ4v) is 1.60. The van der Waals surface area contributed by atoms with E-state index in [1.165, 1.54) is 0 Å². The van der Waals surface area contributed by atoms with Gasteiger partial charge in [0.1, 0.15) is 0 Å². The lowest BCUT2D eigenvalue weighted by Gasteiger charge is -2.02. The first-order chi connectivity index (χ1) is 7.53. The highest BCUT2D eigenvalue weighted by Gasteiger charge is 2.04. The van der Waals surface area contributed by atoms with Gasteiger partial charge in [0, 0.05) is 12.0 Å². The Bertz CT molecular complexity index is 463. The molecule has 1 aromatic heterocycles. The molecule has 1 heterocycles. The molecule has 0 atom stereocenters. The average molecular weight is 245 g/mol. The number of halogens is 1. The lowest BCUT2D eigenvalue weighted by atomic mass is 10.5. The van der Waals surface area contributed by atoms with Crippen LogP contribution in [0, 0.1) is 12.4 Å². The minimum atomic E-state index is -3.19. The summed E-state index contributed by atoms with van der Waals surface area (Å²) >= 11 is 0. The van der Waals surface area contributed by atoms with Crippen LogP contribution in [0.3, 0.4) is 0 Å². The first kappa shape index (κ1) is 12.5. The predicted molar refractivity (Wildman–Crippen MR) is 55.7 cm³/mol. The number of aromatic nitrogens is 3. The maximum Gasteiger partial charge on any atom is 0.314 e. The molecule has 1 rings (SSSR count). The number of anilines is 1. The predicted octanol–water partition coefficient (Wildman–Crippen LogP) is 0.171. The summed E-state index contributed by atoms with van der Waals surface area (Å²) in [6.45, 7) is 3.49. The minimum absolute atomic E-state index is 0.0270. The number of nitrogens with zero attached hydrogens (tertiary/aromatic N) is 3. The van der Waals surface area contributed by atoms with Crippen LogP contribution in [-0.2, 0) is 9.84 Å². The molecule has 0 amide bonds. The topological polar surface area (TPSA) is 84.8 Å². The number of hydrogen-bond donors (Lipinski definition) is 1. The Balaban J connectivity index is 2.34. The molecule has 0 bridgehead atoms. The van der Waals surface area contributed by atoms with E-state index in [2.05, 4.69) is 33.2 Å². The van der Waals surface area contributed by atoms with Gasteiger partial charge in [-0.1, -0.05) is 6.58 Å². The zero-order valence-electron chi connectivity index (χ0n) is 8.35. The van der Waals surface area contributed by atoms with E-state index >= 15 is 0 Å². The molecule has 0 aliphatic rings. The van der Waals surface area contributed by atoms with Crippen LogP contribution in [0.25, 0.3) is 0 Å². The van der Waals surface area contributed by atoms with Crippen molar-refractivity contribution in [1.82, 2.24) is 15.0 Å². The maximum absolute atomic E-state index is 12.5. The van der Waals surface area contributed by atoms with Gasteiger partial charge in [-0.3, -0.25) is 0 Å². The number of sulfone groups is 1. The average Bonchev–Trinajstić information content (AvgIpc) is 2.25. The third kappa shape index (κ3) is 4.30. The second kappa shape index (κ2) is 5.50. The second-order valence-corrected chi connectivity index (χ2v) is 4.91. The minimum Gasteiger partial charge on any atom is -0.354 e. The van der Waals surface area contributed by atoms with Gasteiger partial charge >= 0.3 is 6.08 Å². The standard InChI is InChI=1S/C8H10FN4O2S/c1-2-16(14,15)5-3-4-10-8-12-6-11-7(9)13-8/h2H,1,3-5H2,(H,10,11,12,13). The van der Waals surface area contributed by atoms with E-state index < -0.39 is 15.9 Å². The van der Waals surface area contributed by atoms with Gasteiger partial charge in [-0.05, 0) is 6.42 Å². The van der Waals surface area contributed by atoms with Crippen molar-refractivity contribution in [2.24, 2.45) is 0 Å². The van der Waals surface area contributed by atoms with Gasteiger partial charge in [0.05, 0.1) is 5.75 Å². The van der Waals surface area contributed by atoms with Crippen molar-refractivity contribution in [1.29, 1.82) is 0 Å². The summed E-state index contributed by atoms with van der Waals surface area (Å²) in [6.07, 6.45) is 1.48. The van der Waals surface area contributed by atoms with Crippen LogP contribution in [0.1, 0.15) is 6.42 Å². The first-order valence-corrected chi connectivity index (χ1v) is 6.12. The van der Waals surface area contributed by atoms with Gasteiger partial charge in [-0.15, -0.1) is 0 Å². The Kier molecular flexibility index (Phi) is 4.29. The molecule has 87 valence electrons. The summed E-state index contributed by atoms with van der Waals surface area (Å²) < 4.78 is 34.5. The molecular weight excluding hydrogens is 235 g/mol. The summed E-state index contributed by atoms with van der Waals surface area (Å²) in [7, 11) is -3.19. The molecule has 0 aliphatic heterocycles. The highest BCUT2D eigenvalue weighted by molar-refractivity contribution is 7.94. The van der Waals surface area contributed by atoms with Crippen molar-refractivity contribution in [3.8, 4) is 0 Å². The zero-order chi connectivity index (χ0) is 12.0. The summed E-state index contributed by atoms with van der Waals surface area (Å²) in [5.74, 6) is 0.00402. The van der Waals surface area contributed by atoms with Crippen molar-refractivity contribution in [2.45, 2.75) is 6.42 Å². The van der Waals surface area contributed by atoms with Crippen molar-refractivity contribution in [3.05, 3.63) is 24.4 Å². The Labute approximate surface area is 92.6 Å². The van der Waals surface area contributed by atoms with Crippen LogP contribution in [-0.4, -0.2) is 35.7 Å². The summed E-state index contributed by atoms with van der Waals surface area (Å²) in [4.78, 5) is 9.91. The van der Waals surface area contributed by atoms with Crippen LogP contribution in [0.5, 0.6) is 0 Å². The Morgan fingerprint density at radius 2 is 2.25 bits per heavy atom. The third-order valence-corrected chi connectivity index (χ3v) is 3.00. The Morgan fingerprint density at radius 1 is 1.50 bits per heavy atom. The van der Waals surface area contributed by atoms with E-state index in [-0.39, 0.29) is 11.7 Å². The molecular formula is C8H10FN4O2S. The lowest BCUT2D eigenvalue weighted by molar-refractivity contribution is 0.532. The van der Waals surface area contributed by atoms with Crippen LogP contribution < -0.4 is 5.32 Å². The molecule has 0 spiro atoms. The molecule has 16 heavy (non-hydrogen) atoms. The number of hydrogen-bond acceptors (Lipinski definition) is 6. The molecule has 0 aliphatic carbocycles. The lowest BCUT2D eigenvalue weighted by Crippen LogP contribution is -2.11. The molecule has 0 saturated heterocycles. The van der Waals surface area contributed by atoms with Crippen molar-refractivity contribution < 1.29 is 12.8 Å². The molecule has 0 unspecified atom stereocenters. The summed E-state index contributed by atoms with van der Waals surface area (Å²) in [5, 5.41) is 3.56. The van der Waals surface area contributed by atoms with E-state index in [0.29, 0.717) is 13.0 Å². The van der Waals surface area contributed by atoms with Crippen LogP contribution in [0.15, 0.2) is 12.0 Å². The SMILES string of the molecule is C=CS(=O)(=O)CCCNc1n[c]nc(F)n1. The van der Waals surface area contributed by atoms with E-state index in [0.717, 1.165) is 5.41 Å². The van der Waals surface area contributed by atoms with Crippen LogP contribution in [0.2, 0.25) is 0 Å². The molecule has 0 saturated carbocycles. The second-order valence-electron chi connectivity index (χ2n) is 2.84. The highest BCUT2D eigenvalue weighted by atomic mass is 32.2. The molecule has 6 nitrogen and oxygen atoms in total.